The van der Waals surface area contributed by atoms with Gasteiger partial charge in [-0.2, -0.15) is 0 Å². The molecule has 3 nitrogen and oxygen atoms in total. The highest BCUT2D eigenvalue weighted by atomic mass is 35.5. The number of carboxylic acid groups (broad SMARTS) is 1. The Morgan fingerprint density at radius 2 is 2.29 bits per heavy atom. The van der Waals surface area contributed by atoms with E-state index in [-0.39, 0.29) is 6.42 Å². The number of hydrogen-bond donors (Lipinski definition) is 1. The van der Waals surface area contributed by atoms with Gasteiger partial charge in [0, 0.05) is 6.42 Å². The van der Waals surface area contributed by atoms with Gasteiger partial charge in [-0.1, -0.05) is 17.7 Å². The van der Waals surface area contributed by atoms with Crippen molar-refractivity contribution in [3.05, 3.63) is 28.8 Å². The van der Waals surface area contributed by atoms with Gasteiger partial charge in [0.05, 0.1) is 12.1 Å². The molecule has 0 atom stereocenters. The Labute approximate surface area is 87.3 Å². The maximum absolute atomic E-state index is 10.3. The van der Waals surface area contributed by atoms with Crippen LogP contribution in [-0.2, 0) is 11.2 Å². The smallest absolute Gasteiger partial charge is 0.303 e. The van der Waals surface area contributed by atoms with Crippen LogP contribution in [0.25, 0.3) is 0 Å². The second-order valence-electron chi connectivity index (χ2n) is 2.86. The van der Waals surface area contributed by atoms with Crippen LogP contribution in [0.15, 0.2) is 18.2 Å². The van der Waals surface area contributed by atoms with Gasteiger partial charge in [0.15, 0.2) is 0 Å². The van der Waals surface area contributed by atoms with Crippen molar-refractivity contribution in [1.82, 2.24) is 0 Å². The van der Waals surface area contributed by atoms with Crippen LogP contribution in [0.3, 0.4) is 0 Å². The molecule has 0 aliphatic carbocycles. The Kier molecular flexibility index (Phi) is 3.77. The summed E-state index contributed by atoms with van der Waals surface area (Å²) in [5.74, 6) is -0.206. The van der Waals surface area contributed by atoms with E-state index in [1.165, 1.54) is 7.11 Å². The molecule has 0 spiro atoms. The Balaban J connectivity index is 2.71. The fourth-order valence-electron chi connectivity index (χ4n) is 1.12. The molecule has 0 aromatic heterocycles. The number of rotatable bonds is 4. The summed E-state index contributed by atoms with van der Waals surface area (Å²) in [6, 6.07) is 5.27. The van der Waals surface area contributed by atoms with Gasteiger partial charge < -0.3 is 9.84 Å². The van der Waals surface area contributed by atoms with Gasteiger partial charge in [-0.3, -0.25) is 4.79 Å². The summed E-state index contributed by atoms with van der Waals surface area (Å²) >= 11 is 5.87. The van der Waals surface area contributed by atoms with E-state index in [9.17, 15) is 4.79 Å². The number of hydrogen-bond acceptors (Lipinski definition) is 2. The summed E-state index contributed by atoms with van der Waals surface area (Å²) in [5.41, 5.74) is 0.901. The molecule has 1 N–H and O–H groups in total. The highest BCUT2D eigenvalue weighted by molar-refractivity contribution is 6.32. The topological polar surface area (TPSA) is 46.5 Å². The summed E-state index contributed by atoms with van der Waals surface area (Å²) in [6.07, 6.45) is 0.599. The van der Waals surface area contributed by atoms with Crippen LogP contribution in [0, 0.1) is 0 Å². The van der Waals surface area contributed by atoms with Gasteiger partial charge in [-0.05, 0) is 24.1 Å². The summed E-state index contributed by atoms with van der Waals surface area (Å²) in [7, 11) is 1.54. The minimum atomic E-state index is -0.808. The highest BCUT2D eigenvalue weighted by Gasteiger charge is 2.03. The number of carboxylic acids is 1. The van der Waals surface area contributed by atoms with Crippen molar-refractivity contribution in [2.24, 2.45) is 0 Å². The summed E-state index contributed by atoms with van der Waals surface area (Å²) in [4.78, 5) is 10.3. The van der Waals surface area contributed by atoms with Crippen molar-refractivity contribution in [3.8, 4) is 5.75 Å². The number of methoxy groups -OCH3 is 1. The third-order valence-electron chi connectivity index (χ3n) is 1.84. The summed E-state index contributed by atoms with van der Waals surface area (Å²) < 4.78 is 4.98. The van der Waals surface area contributed by atoms with Crippen molar-refractivity contribution >= 4 is 17.6 Å². The van der Waals surface area contributed by atoms with E-state index in [1.54, 1.807) is 12.1 Å². The SMILES string of the molecule is COc1ccc(CCC(=O)O)cc1Cl. The van der Waals surface area contributed by atoms with Crippen LogP contribution in [0.1, 0.15) is 12.0 Å². The molecule has 0 heterocycles. The first-order chi connectivity index (χ1) is 6.63. The van der Waals surface area contributed by atoms with Gasteiger partial charge in [-0.15, -0.1) is 0 Å². The minimum absolute atomic E-state index is 0.114. The molecular weight excluding hydrogens is 204 g/mol. The van der Waals surface area contributed by atoms with Crippen molar-refractivity contribution in [2.75, 3.05) is 7.11 Å². The molecule has 0 aliphatic rings. The van der Waals surface area contributed by atoms with Gasteiger partial charge in [0.2, 0.25) is 0 Å². The van der Waals surface area contributed by atoms with Crippen LogP contribution in [0.4, 0.5) is 0 Å². The fraction of sp³-hybridized carbons (Fsp3) is 0.300. The Hall–Kier alpha value is -1.22. The highest BCUT2D eigenvalue weighted by Crippen LogP contribution is 2.25. The first-order valence-electron chi connectivity index (χ1n) is 4.17. The summed E-state index contributed by atoms with van der Waals surface area (Å²) in [6.45, 7) is 0. The molecule has 0 aliphatic heterocycles. The van der Waals surface area contributed by atoms with Crippen molar-refractivity contribution in [1.29, 1.82) is 0 Å². The third-order valence-corrected chi connectivity index (χ3v) is 2.14. The molecule has 0 saturated heterocycles. The zero-order valence-electron chi connectivity index (χ0n) is 7.79. The van der Waals surface area contributed by atoms with Gasteiger partial charge in [0.25, 0.3) is 0 Å². The number of ether oxygens (including phenoxy) is 1. The molecule has 1 rings (SSSR count). The standard InChI is InChI=1S/C10H11ClO3/c1-14-9-4-2-7(6-8(9)11)3-5-10(12)13/h2,4,6H,3,5H2,1H3,(H,12,13). The van der Waals surface area contributed by atoms with E-state index in [0.29, 0.717) is 17.2 Å². The molecule has 0 saturated carbocycles. The lowest BCUT2D eigenvalue weighted by atomic mass is 10.1. The number of aliphatic carboxylic acids is 1. The van der Waals surface area contributed by atoms with E-state index >= 15 is 0 Å². The molecule has 76 valence electrons. The molecule has 4 heteroatoms. The maximum Gasteiger partial charge on any atom is 0.303 e. The van der Waals surface area contributed by atoms with E-state index in [1.807, 2.05) is 6.07 Å². The molecular formula is C10H11ClO3. The molecule has 1 aromatic carbocycles. The Bertz CT molecular complexity index is 336. The van der Waals surface area contributed by atoms with Crippen LogP contribution in [0.5, 0.6) is 5.75 Å². The second kappa shape index (κ2) is 4.86. The lowest BCUT2D eigenvalue weighted by Gasteiger charge is -2.04. The fourth-order valence-corrected chi connectivity index (χ4v) is 1.40. The number of carbonyl (C=O) groups is 1. The van der Waals surface area contributed by atoms with Crippen LogP contribution in [0.2, 0.25) is 5.02 Å². The normalized spacial score (nSPS) is 9.86. The average Bonchev–Trinajstić information content (AvgIpc) is 2.15. The van der Waals surface area contributed by atoms with Crippen molar-refractivity contribution < 1.29 is 14.6 Å². The monoisotopic (exact) mass is 214 g/mol. The molecule has 14 heavy (non-hydrogen) atoms. The first kappa shape index (κ1) is 10.9. The van der Waals surface area contributed by atoms with Gasteiger partial charge in [-0.25, -0.2) is 0 Å². The lowest BCUT2D eigenvalue weighted by Crippen LogP contribution is -1.97. The van der Waals surface area contributed by atoms with E-state index < -0.39 is 5.97 Å². The number of aryl methyl sites for hydroxylation is 1. The van der Waals surface area contributed by atoms with Gasteiger partial charge in [0.1, 0.15) is 5.75 Å². The zero-order valence-corrected chi connectivity index (χ0v) is 8.54. The predicted molar refractivity (Wildman–Crippen MR) is 54.0 cm³/mol. The molecule has 0 bridgehead atoms. The van der Waals surface area contributed by atoms with Crippen LogP contribution >= 0.6 is 11.6 Å². The molecule has 0 fully saturated rings. The zero-order chi connectivity index (χ0) is 10.6. The number of halogens is 1. The Morgan fingerprint density at radius 3 is 2.79 bits per heavy atom. The van der Waals surface area contributed by atoms with E-state index in [0.717, 1.165) is 5.56 Å². The van der Waals surface area contributed by atoms with Crippen molar-refractivity contribution in [2.45, 2.75) is 12.8 Å². The second-order valence-corrected chi connectivity index (χ2v) is 3.27. The minimum Gasteiger partial charge on any atom is -0.495 e. The molecule has 0 amide bonds. The van der Waals surface area contributed by atoms with Crippen molar-refractivity contribution in [3.63, 3.8) is 0 Å². The predicted octanol–water partition coefficient (Wildman–Crippen LogP) is 2.37. The van der Waals surface area contributed by atoms with Crippen LogP contribution < -0.4 is 4.74 Å². The quantitative estimate of drug-likeness (QED) is 0.837. The van der Waals surface area contributed by atoms with E-state index in [4.69, 9.17) is 21.4 Å². The Morgan fingerprint density at radius 1 is 1.57 bits per heavy atom. The summed E-state index contributed by atoms with van der Waals surface area (Å²) in [5, 5.41) is 9.00. The maximum atomic E-state index is 10.3. The largest absolute Gasteiger partial charge is 0.495 e. The number of benzene rings is 1. The molecule has 0 radical (unpaired) electrons. The third kappa shape index (κ3) is 2.92. The average molecular weight is 215 g/mol. The molecule has 0 unspecified atom stereocenters. The van der Waals surface area contributed by atoms with Gasteiger partial charge >= 0.3 is 5.97 Å². The van der Waals surface area contributed by atoms with Crippen LogP contribution in [-0.4, -0.2) is 18.2 Å². The molecule has 1 aromatic rings. The lowest BCUT2D eigenvalue weighted by molar-refractivity contribution is -0.136. The van der Waals surface area contributed by atoms with E-state index in [2.05, 4.69) is 0 Å². The first-order valence-corrected chi connectivity index (χ1v) is 4.55.